The van der Waals surface area contributed by atoms with Gasteiger partial charge in [-0.2, -0.15) is 16.1 Å². The maximum Gasteiger partial charge on any atom is 0.243 e. The fourth-order valence-electron chi connectivity index (χ4n) is 3.01. The average Bonchev–Trinajstić information content (AvgIpc) is 3.06. The molecule has 0 aliphatic carbocycles. The lowest BCUT2D eigenvalue weighted by Gasteiger charge is -2.32. The number of sulfonamides is 1. The van der Waals surface area contributed by atoms with Crippen molar-refractivity contribution in [3.63, 3.8) is 0 Å². The zero-order valence-corrected chi connectivity index (χ0v) is 14.3. The van der Waals surface area contributed by atoms with E-state index < -0.39 is 21.9 Å². The molecule has 2 aliphatic heterocycles. The van der Waals surface area contributed by atoms with Gasteiger partial charge in [0, 0.05) is 31.1 Å². The summed E-state index contributed by atoms with van der Waals surface area (Å²) in [5.41, 5.74) is 0. The Hall–Kier alpha value is -1.12. The number of halogens is 1. The highest BCUT2D eigenvalue weighted by Crippen LogP contribution is 2.28. The van der Waals surface area contributed by atoms with Crippen LogP contribution in [0.3, 0.4) is 0 Å². The third kappa shape index (κ3) is 3.39. The summed E-state index contributed by atoms with van der Waals surface area (Å²) in [7, 11) is -3.77. The fraction of sp³-hybridized carbons (Fsp3) is 0.533. The molecule has 2 aliphatic rings. The van der Waals surface area contributed by atoms with Gasteiger partial charge in [-0.1, -0.05) is 0 Å². The maximum absolute atomic E-state index is 13.0. The molecule has 1 atom stereocenters. The minimum Gasteiger partial charge on any atom is -0.340 e. The van der Waals surface area contributed by atoms with E-state index in [9.17, 15) is 17.6 Å². The molecule has 3 rings (SSSR count). The monoisotopic (exact) mass is 358 g/mol. The smallest absolute Gasteiger partial charge is 0.243 e. The Kier molecular flexibility index (Phi) is 4.93. The number of benzene rings is 1. The molecule has 2 heterocycles. The van der Waals surface area contributed by atoms with Crippen LogP contribution in [0, 0.1) is 5.82 Å². The highest BCUT2D eigenvalue weighted by molar-refractivity contribution is 7.99. The number of carbonyl (C=O) groups is 1. The summed E-state index contributed by atoms with van der Waals surface area (Å²) in [6.45, 7) is 1.67. The third-order valence-corrected chi connectivity index (χ3v) is 7.10. The molecule has 23 heavy (non-hydrogen) atoms. The van der Waals surface area contributed by atoms with E-state index in [1.807, 2.05) is 0 Å². The third-order valence-electron chi connectivity index (χ3n) is 4.23. The van der Waals surface area contributed by atoms with Crippen LogP contribution < -0.4 is 0 Å². The molecule has 0 radical (unpaired) electrons. The van der Waals surface area contributed by atoms with Gasteiger partial charge in [-0.15, -0.1) is 0 Å². The summed E-state index contributed by atoms with van der Waals surface area (Å²) >= 11 is 1.80. The van der Waals surface area contributed by atoms with Crippen LogP contribution in [0.1, 0.15) is 12.8 Å². The van der Waals surface area contributed by atoms with Crippen molar-refractivity contribution < 1.29 is 17.6 Å². The molecule has 1 amide bonds. The molecule has 0 N–H and O–H groups in total. The van der Waals surface area contributed by atoms with Crippen LogP contribution in [0.15, 0.2) is 29.2 Å². The Labute approximate surface area is 139 Å². The molecule has 0 saturated carbocycles. The first-order valence-corrected chi connectivity index (χ1v) is 10.2. The lowest BCUT2D eigenvalue weighted by molar-refractivity contribution is -0.134. The molecule has 0 aromatic heterocycles. The van der Waals surface area contributed by atoms with Gasteiger partial charge in [-0.05, 0) is 37.1 Å². The van der Waals surface area contributed by atoms with Crippen molar-refractivity contribution in [1.29, 1.82) is 0 Å². The van der Waals surface area contributed by atoms with Gasteiger partial charge in [-0.25, -0.2) is 12.8 Å². The van der Waals surface area contributed by atoms with Gasteiger partial charge in [0.05, 0.1) is 4.90 Å². The minimum atomic E-state index is -3.77. The molecular weight excluding hydrogens is 339 g/mol. The second-order valence-corrected chi connectivity index (χ2v) is 8.78. The standard InChI is InChI=1S/C15H19FN2O3S2/c16-12-3-5-13(6-4-12)23(20,21)18-7-1-2-14(18)15(19)17-8-10-22-11-9-17/h3-6,14H,1-2,7-11H2/t14-/m0/s1. The Morgan fingerprint density at radius 2 is 1.78 bits per heavy atom. The summed E-state index contributed by atoms with van der Waals surface area (Å²) in [5.74, 6) is 1.20. The summed E-state index contributed by atoms with van der Waals surface area (Å²) in [6, 6.07) is 4.13. The van der Waals surface area contributed by atoms with Crippen molar-refractivity contribution in [3.8, 4) is 0 Å². The molecule has 0 bridgehead atoms. The van der Waals surface area contributed by atoms with Crippen LogP contribution in [0.25, 0.3) is 0 Å². The van der Waals surface area contributed by atoms with E-state index in [4.69, 9.17) is 0 Å². The van der Waals surface area contributed by atoms with Crippen molar-refractivity contribution in [2.45, 2.75) is 23.8 Å². The zero-order chi connectivity index (χ0) is 16.4. The maximum atomic E-state index is 13.0. The van der Waals surface area contributed by atoms with Crippen molar-refractivity contribution in [3.05, 3.63) is 30.1 Å². The second kappa shape index (κ2) is 6.78. The number of carbonyl (C=O) groups excluding carboxylic acids is 1. The van der Waals surface area contributed by atoms with Gasteiger partial charge in [-0.3, -0.25) is 4.79 Å². The number of amides is 1. The van der Waals surface area contributed by atoms with Gasteiger partial charge in [0.25, 0.3) is 0 Å². The van der Waals surface area contributed by atoms with Gasteiger partial charge < -0.3 is 4.90 Å². The molecule has 0 unspecified atom stereocenters. The minimum absolute atomic E-state index is 0.0350. The van der Waals surface area contributed by atoms with Crippen LogP contribution in [-0.4, -0.2) is 60.7 Å². The Bertz CT molecular complexity index is 672. The topological polar surface area (TPSA) is 57.7 Å². The molecule has 5 nitrogen and oxygen atoms in total. The summed E-state index contributed by atoms with van der Waals surface area (Å²) < 4.78 is 39.9. The molecule has 8 heteroatoms. The van der Waals surface area contributed by atoms with Crippen LogP contribution in [0.5, 0.6) is 0 Å². The van der Waals surface area contributed by atoms with Gasteiger partial charge in [0.1, 0.15) is 11.9 Å². The Balaban J connectivity index is 1.82. The first kappa shape index (κ1) is 16.7. The fourth-order valence-corrected chi connectivity index (χ4v) is 5.57. The van der Waals surface area contributed by atoms with Gasteiger partial charge in [0.15, 0.2) is 0 Å². The van der Waals surface area contributed by atoms with E-state index in [1.165, 1.54) is 16.4 Å². The molecule has 126 valence electrons. The predicted octanol–water partition coefficient (Wildman–Crippen LogP) is 1.55. The number of hydrogen-bond donors (Lipinski definition) is 0. The highest BCUT2D eigenvalue weighted by Gasteiger charge is 2.41. The Morgan fingerprint density at radius 3 is 2.43 bits per heavy atom. The van der Waals surface area contributed by atoms with E-state index in [2.05, 4.69) is 0 Å². The zero-order valence-electron chi connectivity index (χ0n) is 12.7. The molecule has 2 saturated heterocycles. The van der Waals surface area contributed by atoms with Crippen LogP contribution in [-0.2, 0) is 14.8 Å². The first-order chi connectivity index (χ1) is 11.0. The number of rotatable bonds is 3. The molecule has 1 aromatic carbocycles. The molecular formula is C15H19FN2O3S2. The Morgan fingerprint density at radius 1 is 1.13 bits per heavy atom. The van der Waals surface area contributed by atoms with Crippen molar-refractivity contribution in [2.24, 2.45) is 0 Å². The second-order valence-electron chi connectivity index (χ2n) is 5.67. The number of nitrogens with zero attached hydrogens (tertiary/aromatic N) is 2. The SMILES string of the molecule is O=C([C@@H]1CCCN1S(=O)(=O)c1ccc(F)cc1)N1CCSCC1. The van der Waals surface area contributed by atoms with Crippen LogP contribution >= 0.6 is 11.8 Å². The van der Waals surface area contributed by atoms with Crippen LogP contribution in [0.2, 0.25) is 0 Å². The number of hydrogen-bond acceptors (Lipinski definition) is 4. The molecule has 2 fully saturated rings. The van der Waals surface area contributed by atoms with Gasteiger partial charge in [0.2, 0.25) is 15.9 Å². The quantitative estimate of drug-likeness (QED) is 0.823. The van der Waals surface area contributed by atoms with E-state index in [1.54, 1.807) is 16.7 Å². The van der Waals surface area contributed by atoms with Gasteiger partial charge >= 0.3 is 0 Å². The van der Waals surface area contributed by atoms with E-state index >= 15 is 0 Å². The summed E-state index contributed by atoms with van der Waals surface area (Å²) in [4.78, 5) is 14.5. The van der Waals surface area contributed by atoms with Crippen molar-refractivity contribution in [2.75, 3.05) is 31.1 Å². The lowest BCUT2D eigenvalue weighted by Crippen LogP contribution is -2.49. The van der Waals surface area contributed by atoms with E-state index in [0.29, 0.717) is 32.5 Å². The average molecular weight is 358 g/mol. The summed E-state index contributed by atoms with van der Waals surface area (Å²) in [5, 5.41) is 0. The highest BCUT2D eigenvalue weighted by atomic mass is 32.2. The predicted molar refractivity (Wildman–Crippen MR) is 87.2 cm³/mol. The molecule has 1 aromatic rings. The van der Waals surface area contributed by atoms with Crippen LogP contribution in [0.4, 0.5) is 4.39 Å². The number of thioether (sulfide) groups is 1. The summed E-state index contributed by atoms with van der Waals surface area (Å²) in [6.07, 6.45) is 1.21. The molecule has 0 spiro atoms. The normalized spacial score (nSPS) is 23.2. The van der Waals surface area contributed by atoms with E-state index in [-0.39, 0.29) is 10.8 Å². The lowest BCUT2D eigenvalue weighted by atomic mass is 10.2. The first-order valence-electron chi connectivity index (χ1n) is 7.64. The van der Waals surface area contributed by atoms with Crippen molar-refractivity contribution in [1.82, 2.24) is 9.21 Å². The van der Waals surface area contributed by atoms with Crippen molar-refractivity contribution >= 4 is 27.7 Å². The van der Waals surface area contributed by atoms with E-state index in [0.717, 1.165) is 23.6 Å². The largest absolute Gasteiger partial charge is 0.340 e.